The van der Waals surface area contributed by atoms with Gasteiger partial charge in [0.1, 0.15) is 10.8 Å². The highest BCUT2D eigenvalue weighted by atomic mass is 35.5. The van der Waals surface area contributed by atoms with Gasteiger partial charge < -0.3 is 0 Å². The Morgan fingerprint density at radius 1 is 1.29 bits per heavy atom. The molecule has 146 valence electrons. The molecule has 3 aromatic rings. The van der Waals surface area contributed by atoms with E-state index in [0.29, 0.717) is 11.3 Å². The van der Waals surface area contributed by atoms with Gasteiger partial charge in [-0.25, -0.2) is 4.68 Å². The van der Waals surface area contributed by atoms with E-state index in [1.165, 1.54) is 25.3 Å². The van der Waals surface area contributed by atoms with Gasteiger partial charge in [0.2, 0.25) is 4.77 Å². The number of halogens is 4. The summed E-state index contributed by atoms with van der Waals surface area (Å²) in [6.45, 7) is 3.10. The Morgan fingerprint density at radius 2 is 2.00 bits per heavy atom. The van der Waals surface area contributed by atoms with Crippen LogP contribution in [0, 0.1) is 18.6 Å². The molecule has 0 fully saturated rings. The molecule has 2 aromatic heterocycles. The number of nitrogens with one attached hydrogen (secondary N) is 1. The average Bonchev–Trinajstić information content (AvgIpc) is 2.92. The lowest BCUT2D eigenvalue weighted by molar-refractivity contribution is -0.137. The fourth-order valence-corrected chi connectivity index (χ4v) is 2.83. The van der Waals surface area contributed by atoms with Gasteiger partial charge in [0, 0.05) is 0 Å². The largest absolute Gasteiger partial charge is 0.416 e. The SMILES string of the molecule is Cc1nn(-c2cccc(C(F)(F)F)c2)c(Cl)c1C=Nn1c(=S)[nH]nc(C)c1=O. The second kappa shape index (κ2) is 7.32. The Kier molecular flexibility index (Phi) is 5.22. The van der Waals surface area contributed by atoms with Gasteiger partial charge in [-0.2, -0.15) is 33.1 Å². The molecule has 0 amide bonds. The normalized spacial score (nSPS) is 12.1. The quantitative estimate of drug-likeness (QED) is 0.510. The van der Waals surface area contributed by atoms with E-state index in [9.17, 15) is 18.0 Å². The number of rotatable bonds is 3. The number of aromatic amines is 1. The minimum absolute atomic E-state index is 0.0223. The summed E-state index contributed by atoms with van der Waals surface area (Å²) in [6, 6.07) is 4.60. The number of nitrogens with zero attached hydrogens (tertiary/aromatic N) is 5. The lowest BCUT2D eigenvalue weighted by atomic mass is 10.2. The van der Waals surface area contributed by atoms with Crippen molar-refractivity contribution in [1.82, 2.24) is 24.7 Å². The average molecular weight is 429 g/mol. The standard InChI is InChI=1S/C16H12ClF3N6OS/c1-8-12(7-21-26-14(27)9(2)22-23-15(26)28)13(17)25(24-8)11-5-3-4-10(6-11)16(18,19)20/h3-7H,1-2H3,(H,23,28). The summed E-state index contributed by atoms with van der Waals surface area (Å²) in [5.74, 6) is 0. The molecule has 0 aliphatic rings. The van der Waals surface area contributed by atoms with E-state index in [2.05, 4.69) is 20.4 Å². The molecule has 7 nitrogen and oxygen atoms in total. The van der Waals surface area contributed by atoms with Crippen LogP contribution in [0.1, 0.15) is 22.5 Å². The summed E-state index contributed by atoms with van der Waals surface area (Å²) in [4.78, 5) is 12.1. The van der Waals surface area contributed by atoms with Crippen molar-refractivity contribution < 1.29 is 13.2 Å². The molecule has 1 aromatic carbocycles. The Balaban J connectivity index is 2.06. The van der Waals surface area contributed by atoms with Gasteiger partial charge in [-0.3, -0.25) is 9.89 Å². The first-order valence-corrected chi connectivity index (χ1v) is 8.53. The van der Waals surface area contributed by atoms with Gasteiger partial charge in [0.05, 0.1) is 28.7 Å². The number of hydrogen-bond donors (Lipinski definition) is 1. The van der Waals surface area contributed by atoms with E-state index >= 15 is 0 Å². The number of aryl methyl sites for hydroxylation is 2. The highest BCUT2D eigenvalue weighted by Gasteiger charge is 2.30. The lowest BCUT2D eigenvalue weighted by Gasteiger charge is -2.09. The minimum Gasteiger partial charge on any atom is -0.265 e. The third-order valence-electron chi connectivity index (χ3n) is 3.78. The van der Waals surface area contributed by atoms with E-state index < -0.39 is 17.3 Å². The molecule has 0 bridgehead atoms. The summed E-state index contributed by atoms with van der Waals surface area (Å²) < 4.78 is 40.9. The van der Waals surface area contributed by atoms with Crippen LogP contribution in [0.2, 0.25) is 5.15 Å². The maximum Gasteiger partial charge on any atom is 0.416 e. The van der Waals surface area contributed by atoms with E-state index in [1.54, 1.807) is 6.92 Å². The Labute approximate surface area is 166 Å². The zero-order valence-electron chi connectivity index (χ0n) is 14.5. The lowest BCUT2D eigenvalue weighted by Crippen LogP contribution is -2.22. The molecule has 12 heteroatoms. The summed E-state index contributed by atoms with van der Waals surface area (Å²) in [7, 11) is 0. The molecular formula is C16H12ClF3N6OS. The van der Waals surface area contributed by atoms with Gasteiger partial charge in [-0.15, -0.1) is 0 Å². The molecule has 0 radical (unpaired) electrons. The molecule has 0 spiro atoms. The van der Waals surface area contributed by atoms with Crippen LogP contribution in [0.25, 0.3) is 5.69 Å². The van der Waals surface area contributed by atoms with Gasteiger partial charge >= 0.3 is 6.18 Å². The van der Waals surface area contributed by atoms with Crippen LogP contribution >= 0.6 is 23.8 Å². The van der Waals surface area contributed by atoms with Crippen molar-refractivity contribution in [2.45, 2.75) is 20.0 Å². The van der Waals surface area contributed by atoms with Crippen LogP contribution in [0.4, 0.5) is 13.2 Å². The van der Waals surface area contributed by atoms with E-state index in [1.807, 2.05) is 0 Å². The molecule has 1 N–H and O–H groups in total. The van der Waals surface area contributed by atoms with Gasteiger partial charge in [-0.05, 0) is 44.3 Å². The molecule has 0 saturated carbocycles. The molecule has 3 rings (SSSR count). The van der Waals surface area contributed by atoms with Crippen molar-refractivity contribution in [2.24, 2.45) is 5.10 Å². The van der Waals surface area contributed by atoms with Crippen molar-refractivity contribution in [3.05, 3.63) is 67.1 Å². The Hall–Kier alpha value is -2.79. The molecule has 28 heavy (non-hydrogen) atoms. The number of benzene rings is 1. The highest BCUT2D eigenvalue weighted by Crippen LogP contribution is 2.31. The van der Waals surface area contributed by atoms with Crippen LogP contribution in [0.5, 0.6) is 0 Å². The number of hydrogen-bond acceptors (Lipinski definition) is 5. The second-order valence-corrected chi connectivity index (χ2v) is 6.47. The molecule has 0 atom stereocenters. The first-order chi connectivity index (χ1) is 13.1. The van der Waals surface area contributed by atoms with E-state index in [0.717, 1.165) is 21.5 Å². The maximum atomic E-state index is 13.0. The molecule has 0 unspecified atom stereocenters. The van der Waals surface area contributed by atoms with Gasteiger partial charge in [-0.1, -0.05) is 17.7 Å². The highest BCUT2D eigenvalue weighted by molar-refractivity contribution is 7.71. The molecular weight excluding hydrogens is 417 g/mol. The van der Waals surface area contributed by atoms with Crippen molar-refractivity contribution in [3.63, 3.8) is 0 Å². The van der Waals surface area contributed by atoms with Crippen molar-refractivity contribution >= 4 is 30.0 Å². The zero-order valence-corrected chi connectivity index (χ0v) is 16.0. The Morgan fingerprint density at radius 3 is 2.68 bits per heavy atom. The van der Waals surface area contributed by atoms with E-state index in [4.69, 9.17) is 23.8 Å². The summed E-state index contributed by atoms with van der Waals surface area (Å²) in [5.41, 5.74) is -0.312. The molecule has 0 saturated heterocycles. The van der Waals surface area contributed by atoms with Crippen LogP contribution in [0.15, 0.2) is 34.2 Å². The predicted octanol–water partition coefficient (Wildman–Crippen LogP) is 3.66. The first-order valence-electron chi connectivity index (χ1n) is 7.75. The summed E-state index contributed by atoms with van der Waals surface area (Å²) in [6.07, 6.45) is -3.23. The number of H-pyrrole nitrogens is 1. The fourth-order valence-electron chi connectivity index (χ4n) is 2.34. The van der Waals surface area contributed by atoms with Crippen molar-refractivity contribution in [2.75, 3.05) is 0 Å². The second-order valence-electron chi connectivity index (χ2n) is 5.73. The van der Waals surface area contributed by atoms with Crippen molar-refractivity contribution in [3.8, 4) is 5.69 Å². The fraction of sp³-hybridized carbons (Fsp3) is 0.188. The van der Waals surface area contributed by atoms with Gasteiger partial charge in [0.25, 0.3) is 5.56 Å². The smallest absolute Gasteiger partial charge is 0.265 e. The topological polar surface area (TPSA) is 80.9 Å². The van der Waals surface area contributed by atoms with Crippen LogP contribution in [-0.2, 0) is 6.18 Å². The molecule has 2 heterocycles. The Bertz CT molecular complexity index is 1190. The third kappa shape index (κ3) is 3.76. The first kappa shape index (κ1) is 20.0. The number of alkyl halides is 3. The third-order valence-corrected chi connectivity index (χ3v) is 4.41. The van der Waals surface area contributed by atoms with Crippen LogP contribution < -0.4 is 5.56 Å². The van der Waals surface area contributed by atoms with Crippen molar-refractivity contribution in [1.29, 1.82) is 0 Å². The predicted molar refractivity (Wildman–Crippen MR) is 99.7 cm³/mol. The molecule has 0 aliphatic carbocycles. The zero-order chi connectivity index (χ0) is 20.6. The monoisotopic (exact) mass is 428 g/mol. The summed E-state index contributed by atoms with van der Waals surface area (Å²) in [5, 5.41) is 14.4. The summed E-state index contributed by atoms with van der Waals surface area (Å²) >= 11 is 11.3. The number of aromatic nitrogens is 5. The van der Waals surface area contributed by atoms with Gasteiger partial charge in [0.15, 0.2) is 0 Å². The molecule has 0 aliphatic heterocycles. The maximum absolute atomic E-state index is 13.0. The minimum atomic E-state index is -4.49. The van der Waals surface area contributed by atoms with Crippen LogP contribution in [-0.4, -0.2) is 30.9 Å². The van der Waals surface area contributed by atoms with Crippen LogP contribution in [0.3, 0.4) is 0 Å². The van der Waals surface area contributed by atoms with E-state index in [-0.39, 0.29) is 21.3 Å².